The summed E-state index contributed by atoms with van der Waals surface area (Å²) in [4.78, 5) is 15.4. The Bertz CT molecular complexity index is 776. The number of hydrogen-bond acceptors (Lipinski definition) is 3. The van der Waals surface area contributed by atoms with Gasteiger partial charge in [-0.1, -0.05) is 24.3 Å². The summed E-state index contributed by atoms with van der Waals surface area (Å²) >= 11 is 0. The highest BCUT2D eigenvalue weighted by Gasteiger charge is 2.10. The van der Waals surface area contributed by atoms with Gasteiger partial charge in [0.05, 0.1) is 12.6 Å². The van der Waals surface area contributed by atoms with E-state index in [2.05, 4.69) is 4.98 Å². The first-order valence-electron chi connectivity index (χ1n) is 6.31. The van der Waals surface area contributed by atoms with Crippen molar-refractivity contribution in [2.24, 2.45) is 0 Å². The molecule has 3 aromatic rings. The molecule has 3 nitrogen and oxygen atoms in total. The van der Waals surface area contributed by atoms with Gasteiger partial charge >= 0.3 is 0 Å². The molecule has 0 aliphatic rings. The minimum absolute atomic E-state index is 0.619. The fraction of sp³-hybridized carbons (Fsp3) is 0.0588. The van der Waals surface area contributed by atoms with E-state index in [4.69, 9.17) is 4.74 Å². The largest absolute Gasteiger partial charge is 0.496 e. The summed E-state index contributed by atoms with van der Waals surface area (Å²) in [5.74, 6) is 0.730. The van der Waals surface area contributed by atoms with Crippen molar-refractivity contribution in [1.82, 2.24) is 4.98 Å². The predicted molar refractivity (Wildman–Crippen MR) is 79.1 cm³/mol. The molecule has 1 aromatic heterocycles. The van der Waals surface area contributed by atoms with Crippen LogP contribution in [0.1, 0.15) is 10.4 Å². The van der Waals surface area contributed by atoms with Gasteiger partial charge in [-0.15, -0.1) is 0 Å². The zero-order valence-electron chi connectivity index (χ0n) is 11.0. The van der Waals surface area contributed by atoms with Crippen LogP contribution in [-0.2, 0) is 0 Å². The molecule has 0 unspecified atom stereocenters. The number of aromatic nitrogens is 1. The number of fused-ring (bicyclic) bond motifs is 1. The molecule has 0 aliphatic heterocycles. The number of aldehydes is 1. The van der Waals surface area contributed by atoms with Crippen molar-refractivity contribution in [2.45, 2.75) is 0 Å². The summed E-state index contributed by atoms with van der Waals surface area (Å²) in [5.41, 5.74) is 3.36. The van der Waals surface area contributed by atoms with Crippen molar-refractivity contribution in [1.29, 1.82) is 0 Å². The lowest BCUT2D eigenvalue weighted by molar-refractivity contribution is 0.112. The number of methoxy groups -OCH3 is 1. The van der Waals surface area contributed by atoms with Crippen LogP contribution < -0.4 is 4.74 Å². The van der Waals surface area contributed by atoms with Crippen LogP contribution in [0.4, 0.5) is 0 Å². The van der Waals surface area contributed by atoms with Gasteiger partial charge in [0, 0.05) is 28.3 Å². The van der Waals surface area contributed by atoms with E-state index in [0.29, 0.717) is 5.56 Å². The molecule has 0 radical (unpaired) electrons. The maximum atomic E-state index is 11.0. The smallest absolute Gasteiger partial charge is 0.150 e. The van der Waals surface area contributed by atoms with Crippen LogP contribution in [0.25, 0.3) is 22.0 Å². The molecule has 0 aliphatic carbocycles. The van der Waals surface area contributed by atoms with Gasteiger partial charge in [-0.05, 0) is 24.3 Å². The molecule has 0 bridgehead atoms. The highest BCUT2D eigenvalue weighted by molar-refractivity contribution is 5.96. The first-order valence-corrected chi connectivity index (χ1v) is 6.31. The van der Waals surface area contributed by atoms with Gasteiger partial charge in [-0.25, -0.2) is 0 Å². The minimum atomic E-state index is 0.619. The summed E-state index contributed by atoms with van der Waals surface area (Å²) in [6.07, 6.45) is 2.60. The lowest BCUT2D eigenvalue weighted by atomic mass is 9.99. The van der Waals surface area contributed by atoms with E-state index in [1.807, 2.05) is 36.4 Å². The van der Waals surface area contributed by atoms with Crippen LogP contribution in [0, 0.1) is 0 Å². The van der Waals surface area contributed by atoms with E-state index >= 15 is 0 Å². The van der Waals surface area contributed by atoms with Gasteiger partial charge in [-0.3, -0.25) is 9.78 Å². The van der Waals surface area contributed by atoms with Gasteiger partial charge in [0.25, 0.3) is 0 Å². The second kappa shape index (κ2) is 5.13. The highest BCUT2D eigenvalue weighted by atomic mass is 16.5. The lowest BCUT2D eigenvalue weighted by Gasteiger charge is -2.11. The average Bonchev–Trinajstić information content (AvgIpc) is 2.53. The number of ether oxygens (including phenoxy) is 1. The Morgan fingerprint density at radius 3 is 2.70 bits per heavy atom. The first-order chi connectivity index (χ1) is 9.83. The number of nitrogens with zero attached hydrogens (tertiary/aromatic N) is 1. The fourth-order valence-electron chi connectivity index (χ4n) is 2.33. The number of para-hydroxylation sites is 1. The Morgan fingerprint density at radius 1 is 1.05 bits per heavy atom. The second-order valence-corrected chi connectivity index (χ2v) is 4.46. The van der Waals surface area contributed by atoms with E-state index < -0.39 is 0 Å². The maximum absolute atomic E-state index is 11.0. The molecule has 0 N–H and O–H groups in total. The Morgan fingerprint density at radius 2 is 1.90 bits per heavy atom. The third-order valence-corrected chi connectivity index (χ3v) is 3.28. The van der Waals surface area contributed by atoms with Crippen LogP contribution in [0.3, 0.4) is 0 Å². The molecule has 0 saturated carbocycles. The van der Waals surface area contributed by atoms with Crippen LogP contribution in [-0.4, -0.2) is 18.4 Å². The number of carbonyl (C=O) groups is 1. The standard InChI is InChI=1S/C17H13NO2/c1-20-16-8-7-12(11-19)10-15(16)14-6-2-4-13-5-3-9-18-17(13)14/h2-11H,1H3. The molecule has 3 rings (SSSR count). The number of pyridine rings is 1. The van der Waals surface area contributed by atoms with Crippen LogP contribution in [0.15, 0.2) is 54.7 Å². The van der Waals surface area contributed by atoms with E-state index in [-0.39, 0.29) is 0 Å². The van der Waals surface area contributed by atoms with Crippen molar-refractivity contribution < 1.29 is 9.53 Å². The molecule has 0 fully saturated rings. The Hall–Kier alpha value is -2.68. The minimum Gasteiger partial charge on any atom is -0.496 e. The Kier molecular flexibility index (Phi) is 3.17. The first kappa shape index (κ1) is 12.4. The lowest BCUT2D eigenvalue weighted by Crippen LogP contribution is -1.92. The highest BCUT2D eigenvalue weighted by Crippen LogP contribution is 2.34. The van der Waals surface area contributed by atoms with E-state index in [0.717, 1.165) is 34.1 Å². The van der Waals surface area contributed by atoms with Gasteiger partial charge in [0.1, 0.15) is 12.0 Å². The average molecular weight is 263 g/mol. The molecule has 0 amide bonds. The summed E-state index contributed by atoms with van der Waals surface area (Å²) in [6, 6.07) is 15.3. The quantitative estimate of drug-likeness (QED) is 0.676. The second-order valence-electron chi connectivity index (χ2n) is 4.46. The summed E-state index contributed by atoms with van der Waals surface area (Å²) in [7, 11) is 1.62. The summed E-state index contributed by atoms with van der Waals surface area (Å²) < 4.78 is 5.40. The topological polar surface area (TPSA) is 39.2 Å². The molecule has 0 saturated heterocycles. The molecule has 0 spiro atoms. The molecule has 2 aromatic carbocycles. The van der Waals surface area contributed by atoms with Gasteiger partial charge in [0.15, 0.2) is 0 Å². The zero-order chi connectivity index (χ0) is 13.9. The van der Waals surface area contributed by atoms with E-state index in [1.165, 1.54) is 0 Å². The van der Waals surface area contributed by atoms with Gasteiger partial charge < -0.3 is 4.74 Å². The van der Waals surface area contributed by atoms with Crippen LogP contribution in [0.5, 0.6) is 5.75 Å². The molecule has 3 heteroatoms. The van der Waals surface area contributed by atoms with Crippen molar-refractivity contribution >= 4 is 17.2 Å². The van der Waals surface area contributed by atoms with Crippen molar-refractivity contribution in [3.05, 3.63) is 60.3 Å². The van der Waals surface area contributed by atoms with Gasteiger partial charge in [0.2, 0.25) is 0 Å². The Labute approximate surface area is 116 Å². The maximum Gasteiger partial charge on any atom is 0.150 e. The fourth-order valence-corrected chi connectivity index (χ4v) is 2.33. The normalized spacial score (nSPS) is 10.4. The SMILES string of the molecule is COc1ccc(C=O)cc1-c1cccc2cccnc12. The van der Waals surface area contributed by atoms with Crippen molar-refractivity contribution in [3.8, 4) is 16.9 Å². The predicted octanol–water partition coefficient (Wildman–Crippen LogP) is 3.72. The molecule has 1 heterocycles. The third-order valence-electron chi connectivity index (χ3n) is 3.28. The monoisotopic (exact) mass is 263 g/mol. The molecular formula is C17H13NO2. The number of hydrogen-bond donors (Lipinski definition) is 0. The zero-order valence-corrected chi connectivity index (χ0v) is 11.0. The third kappa shape index (κ3) is 2.03. The van der Waals surface area contributed by atoms with E-state index in [1.54, 1.807) is 25.4 Å². The Balaban J connectivity index is 2.32. The van der Waals surface area contributed by atoms with Crippen molar-refractivity contribution in [3.63, 3.8) is 0 Å². The number of rotatable bonds is 3. The molecule has 0 atom stereocenters. The molecule has 98 valence electrons. The van der Waals surface area contributed by atoms with Crippen molar-refractivity contribution in [2.75, 3.05) is 7.11 Å². The van der Waals surface area contributed by atoms with Gasteiger partial charge in [-0.2, -0.15) is 0 Å². The summed E-state index contributed by atoms with van der Waals surface area (Å²) in [5, 5.41) is 1.06. The molecular weight excluding hydrogens is 250 g/mol. The van der Waals surface area contributed by atoms with Crippen LogP contribution in [0.2, 0.25) is 0 Å². The number of carbonyl (C=O) groups excluding carboxylic acids is 1. The van der Waals surface area contributed by atoms with E-state index in [9.17, 15) is 4.79 Å². The van der Waals surface area contributed by atoms with Crippen LogP contribution >= 0.6 is 0 Å². The molecule has 20 heavy (non-hydrogen) atoms. The summed E-state index contributed by atoms with van der Waals surface area (Å²) in [6.45, 7) is 0. The number of benzene rings is 2.